The van der Waals surface area contributed by atoms with Gasteiger partial charge in [-0.2, -0.15) is 0 Å². The minimum absolute atomic E-state index is 0.0139. The van der Waals surface area contributed by atoms with Crippen LogP contribution in [0.25, 0.3) is 0 Å². The molecule has 0 unspecified atom stereocenters. The number of ketones is 1. The molecule has 2 N–H and O–H groups in total. The van der Waals surface area contributed by atoms with Gasteiger partial charge in [0, 0.05) is 12.0 Å². The van der Waals surface area contributed by atoms with E-state index in [-0.39, 0.29) is 12.2 Å². The fraction of sp³-hybridized carbons (Fsp3) is 0.333. The van der Waals surface area contributed by atoms with E-state index in [9.17, 15) is 9.59 Å². The van der Waals surface area contributed by atoms with Crippen LogP contribution < -0.4 is 5.73 Å². The Kier molecular flexibility index (Phi) is 4.66. The molecule has 86 valence electrons. The molecule has 0 saturated carbocycles. The number of rotatable bonds is 5. The molecule has 0 aromatic heterocycles. The van der Waals surface area contributed by atoms with E-state index >= 15 is 0 Å². The second-order valence-corrected chi connectivity index (χ2v) is 3.46. The summed E-state index contributed by atoms with van der Waals surface area (Å²) in [7, 11) is 1.28. The van der Waals surface area contributed by atoms with E-state index in [4.69, 9.17) is 5.73 Å². The van der Waals surface area contributed by atoms with Crippen molar-refractivity contribution >= 4 is 11.8 Å². The smallest absolute Gasteiger partial charge is 0.322 e. The molecular formula is C12H15NO3. The third kappa shape index (κ3) is 3.47. The van der Waals surface area contributed by atoms with E-state index in [1.54, 1.807) is 24.3 Å². The Hall–Kier alpha value is -1.68. The van der Waals surface area contributed by atoms with Crippen LogP contribution in [-0.2, 0) is 9.53 Å². The largest absolute Gasteiger partial charge is 0.468 e. The highest BCUT2D eigenvalue weighted by molar-refractivity contribution is 5.96. The zero-order chi connectivity index (χ0) is 12.0. The van der Waals surface area contributed by atoms with Crippen molar-refractivity contribution in [1.29, 1.82) is 0 Å². The maximum atomic E-state index is 11.7. The van der Waals surface area contributed by atoms with Gasteiger partial charge in [-0.05, 0) is 6.42 Å². The molecule has 1 rings (SSSR count). The normalized spacial score (nSPS) is 11.9. The van der Waals surface area contributed by atoms with E-state index < -0.39 is 12.0 Å². The van der Waals surface area contributed by atoms with Crippen molar-refractivity contribution in [3.05, 3.63) is 35.9 Å². The van der Waals surface area contributed by atoms with Crippen LogP contribution in [0.1, 0.15) is 23.2 Å². The van der Waals surface area contributed by atoms with Crippen LogP contribution in [0.2, 0.25) is 0 Å². The quantitative estimate of drug-likeness (QED) is 0.598. The first-order valence-corrected chi connectivity index (χ1v) is 5.07. The molecule has 1 atom stereocenters. The summed E-state index contributed by atoms with van der Waals surface area (Å²) in [5.41, 5.74) is 6.17. The Morgan fingerprint density at radius 1 is 1.31 bits per heavy atom. The standard InChI is InChI=1S/C12H15NO3/c1-16-12(15)10(13)7-8-11(14)9-5-3-2-4-6-9/h2-6,10H,7-8,13H2,1H3/t10-/m0/s1. The Labute approximate surface area is 94.4 Å². The molecule has 0 saturated heterocycles. The van der Waals surface area contributed by atoms with Gasteiger partial charge in [0.15, 0.2) is 5.78 Å². The van der Waals surface area contributed by atoms with Gasteiger partial charge in [0.25, 0.3) is 0 Å². The Bertz CT molecular complexity index is 362. The summed E-state index contributed by atoms with van der Waals surface area (Å²) in [6.45, 7) is 0. The van der Waals surface area contributed by atoms with Gasteiger partial charge in [-0.25, -0.2) is 0 Å². The third-order valence-electron chi connectivity index (χ3n) is 2.28. The van der Waals surface area contributed by atoms with Crippen LogP contribution in [-0.4, -0.2) is 24.9 Å². The Morgan fingerprint density at radius 3 is 2.50 bits per heavy atom. The van der Waals surface area contributed by atoms with Gasteiger partial charge in [-0.3, -0.25) is 9.59 Å². The molecule has 1 aromatic carbocycles. The molecule has 0 radical (unpaired) electrons. The average Bonchev–Trinajstić information content (AvgIpc) is 2.35. The zero-order valence-corrected chi connectivity index (χ0v) is 9.18. The lowest BCUT2D eigenvalue weighted by Crippen LogP contribution is -2.32. The van der Waals surface area contributed by atoms with Gasteiger partial charge >= 0.3 is 5.97 Å². The van der Waals surface area contributed by atoms with Gasteiger partial charge in [0.2, 0.25) is 0 Å². The minimum atomic E-state index is -0.724. The number of carbonyl (C=O) groups is 2. The van der Waals surface area contributed by atoms with Crippen molar-refractivity contribution in [2.45, 2.75) is 18.9 Å². The zero-order valence-electron chi connectivity index (χ0n) is 9.18. The molecule has 1 aromatic rings. The number of nitrogens with two attached hydrogens (primary N) is 1. The monoisotopic (exact) mass is 221 g/mol. The molecular weight excluding hydrogens is 206 g/mol. The van der Waals surface area contributed by atoms with Crippen molar-refractivity contribution in [2.75, 3.05) is 7.11 Å². The summed E-state index contributed by atoms with van der Waals surface area (Å²) in [5, 5.41) is 0. The molecule has 0 heterocycles. The van der Waals surface area contributed by atoms with Gasteiger partial charge < -0.3 is 10.5 Å². The number of esters is 1. The number of hydrogen-bond acceptors (Lipinski definition) is 4. The summed E-state index contributed by atoms with van der Waals surface area (Å²) in [6, 6.07) is 8.20. The van der Waals surface area contributed by atoms with Gasteiger partial charge in [-0.15, -0.1) is 0 Å². The van der Waals surface area contributed by atoms with Crippen LogP contribution in [0.3, 0.4) is 0 Å². The number of ether oxygens (including phenoxy) is 1. The maximum absolute atomic E-state index is 11.7. The van der Waals surface area contributed by atoms with Crippen molar-refractivity contribution in [3.63, 3.8) is 0 Å². The minimum Gasteiger partial charge on any atom is -0.468 e. The van der Waals surface area contributed by atoms with Crippen LogP contribution in [0.5, 0.6) is 0 Å². The number of Topliss-reactive ketones (excluding diaryl/α,β-unsaturated/α-hetero) is 1. The molecule has 16 heavy (non-hydrogen) atoms. The number of carbonyl (C=O) groups excluding carboxylic acids is 2. The van der Waals surface area contributed by atoms with Gasteiger partial charge in [-0.1, -0.05) is 30.3 Å². The molecule has 0 aliphatic heterocycles. The molecule has 0 spiro atoms. The highest BCUT2D eigenvalue weighted by Crippen LogP contribution is 2.06. The van der Waals surface area contributed by atoms with E-state index in [0.717, 1.165) is 0 Å². The van der Waals surface area contributed by atoms with Gasteiger partial charge in [0.1, 0.15) is 6.04 Å². The van der Waals surface area contributed by atoms with Crippen LogP contribution in [0.4, 0.5) is 0 Å². The van der Waals surface area contributed by atoms with E-state index in [1.165, 1.54) is 7.11 Å². The predicted molar refractivity (Wildman–Crippen MR) is 60.0 cm³/mol. The van der Waals surface area contributed by atoms with Gasteiger partial charge in [0.05, 0.1) is 7.11 Å². The number of benzene rings is 1. The average molecular weight is 221 g/mol. The molecule has 4 nitrogen and oxygen atoms in total. The first kappa shape index (κ1) is 12.4. The van der Waals surface area contributed by atoms with Crippen LogP contribution in [0, 0.1) is 0 Å². The lowest BCUT2D eigenvalue weighted by Gasteiger charge is -2.08. The summed E-state index contributed by atoms with van der Waals surface area (Å²) in [4.78, 5) is 22.7. The van der Waals surface area contributed by atoms with Crippen LogP contribution >= 0.6 is 0 Å². The Morgan fingerprint density at radius 2 is 1.94 bits per heavy atom. The first-order chi connectivity index (χ1) is 7.65. The van der Waals surface area contributed by atoms with E-state index in [1.807, 2.05) is 6.07 Å². The Balaban J connectivity index is 2.45. The summed E-state index contributed by atoms with van der Waals surface area (Å²) >= 11 is 0. The van der Waals surface area contributed by atoms with Crippen molar-refractivity contribution in [3.8, 4) is 0 Å². The number of hydrogen-bond donors (Lipinski definition) is 1. The topological polar surface area (TPSA) is 69.4 Å². The van der Waals surface area contributed by atoms with E-state index in [2.05, 4.69) is 4.74 Å². The molecule has 0 fully saturated rings. The molecule has 0 bridgehead atoms. The van der Waals surface area contributed by atoms with E-state index in [0.29, 0.717) is 12.0 Å². The SMILES string of the molecule is COC(=O)[C@@H](N)CCC(=O)c1ccccc1. The maximum Gasteiger partial charge on any atom is 0.322 e. The first-order valence-electron chi connectivity index (χ1n) is 5.07. The van der Waals surface area contributed by atoms with Crippen molar-refractivity contribution in [1.82, 2.24) is 0 Å². The summed E-state index contributed by atoms with van der Waals surface area (Å²) in [5.74, 6) is -0.499. The summed E-state index contributed by atoms with van der Waals surface area (Å²) < 4.78 is 4.47. The summed E-state index contributed by atoms with van der Waals surface area (Å²) in [6.07, 6.45) is 0.556. The third-order valence-corrected chi connectivity index (χ3v) is 2.28. The highest BCUT2D eigenvalue weighted by Gasteiger charge is 2.15. The fourth-order valence-electron chi connectivity index (χ4n) is 1.32. The molecule has 0 amide bonds. The fourth-order valence-corrected chi connectivity index (χ4v) is 1.32. The van der Waals surface area contributed by atoms with Crippen molar-refractivity contribution < 1.29 is 14.3 Å². The second kappa shape index (κ2) is 6.02. The second-order valence-electron chi connectivity index (χ2n) is 3.46. The molecule has 0 aliphatic carbocycles. The number of methoxy groups -OCH3 is 1. The van der Waals surface area contributed by atoms with Crippen LogP contribution in [0.15, 0.2) is 30.3 Å². The molecule has 0 aliphatic rings. The highest BCUT2D eigenvalue weighted by atomic mass is 16.5. The lowest BCUT2D eigenvalue weighted by molar-refractivity contribution is -0.142. The molecule has 4 heteroatoms. The lowest BCUT2D eigenvalue weighted by atomic mass is 10.0. The van der Waals surface area contributed by atoms with Crippen molar-refractivity contribution in [2.24, 2.45) is 5.73 Å². The predicted octanol–water partition coefficient (Wildman–Crippen LogP) is 1.15.